The van der Waals surface area contributed by atoms with E-state index < -0.39 is 64.5 Å². The molecule has 0 bridgehead atoms. The molecule has 3 heterocycles. The number of esters is 1. The molecule has 3 aromatic rings. The minimum atomic E-state index is -5.17. The summed E-state index contributed by atoms with van der Waals surface area (Å²) in [5, 5.41) is 13.3. The summed E-state index contributed by atoms with van der Waals surface area (Å²) >= 11 is 5.97. The number of phosphoric acid groups is 1. The molecule has 20 heteroatoms. The summed E-state index contributed by atoms with van der Waals surface area (Å²) in [5.41, 5.74) is 7.27. The molecule has 8 atom stereocenters. The molecule has 49 heavy (non-hydrogen) atoms. The molecule has 2 fully saturated rings. The molecule has 17 nitrogen and oxygen atoms in total. The van der Waals surface area contributed by atoms with Crippen molar-refractivity contribution in [1.82, 2.24) is 29.5 Å². The fourth-order valence-corrected chi connectivity index (χ4v) is 8.94. The van der Waals surface area contributed by atoms with Gasteiger partial charge in [-0.25, -0.2) is 14.1 Å². The van der Waals surface area contributed by atoms with Gasteiger partial charge in [0.1, 0.15) is 23.4 Å². The highest BCUT2D eigenvalue weighted by Gasteiger charge is 2.65. The number of benzene rings is 1. The van der Waals surface area contributed by atoms with Crippen LogP contribution in [0.1, 0.15) is 46.2 Å². The molecule has 0 amide bonds. The van der Waals surface area contributed by atoms with E-state index >= 15 is 0 Å². The van der Waals surface area contributed by atoms with Gasteiger partial charge in [0.2, 0.25) is 5.28 Å². The summed E-state index contributed by atoms with van der Waals surface area (Å²) in [6.45, 7) is 10.4. The maximum atomic E-state index is 14.1. The van der Waals surface area contributed by atoms with Crippen LogP contribution in [0.2, 0.25) is 5.28 Å². The number of aliphatic hydroxyl groups is 1. The number of hydrogen-bond donors (Lipinski definition) is 4. The lowest BCUT2D eigenvalue weighted by Gasteiger charge is -2.26. The number of imidazole rings is 1. The molecule has 1 aliphatic carbocycles. The summed E-state index contributed by atoms with van der Waals surface area (Å²) in [4.78, 5) is 37.8. The Morgan fingerprint density at radius 2 is 1.92 bits per heavy atom. The van der Waals surface area contributed by atoms with E-state index in [0.717, 1.165) is 13.1 Å². The van der Waals surface area contributed by atoms with Crippen LogP contribution >= 0.6 is 27.2 Å². The van der Waals surface area contributed by atoms with E-state index in [1.165, 1.54) is 13.3 Å². The zero-order valence-electron chi connectivity index (χ0n) is 27.7. The van der Waals surface area contributed by atoms with Crippen LogP contribution < -0.4 is 15.3 Å². The van der Waals surface area contributed by atoms with Gasteiger partial charge in [0.25, 0.3) is 0 Å². The third-order valence-corrected chi connectivity index (χ3v) is 11.7. The normalized spacial score (nSPS) is 24.8. The predicted molar refractivity (Wildman–Crippen MR) is 179 cm³/mol. The molecule has 5 rings (SSSR count). The van der Waals surface area contributed by atoms with Crippen molar-refractivity contribution in [2.75, 3.05) is 32.0 Å². The quantitative estimate of drug-likeness (QED) is 0.0882. The van der Waals surface area contributed by atoms with E-state index in [0.29, 0.717) is 29.7 Å². The number of ether oxygens (including phenoxy) is 2. The molecule has 2 aliphatic rings. The molecule has 2 aromatic heterocycles. The highest BCUT2D eigenvalue weighted by molar-refractivity contribution is 7.63. The molecule has 3 unspecified atom stereocenters. The molecule has 0 spiro atoms. The van der Waals surface area contributed by atoms with E-state index in [9.17, 15) is 23.9 Å². The van der Waals surface area contributed by atoms with Crippen molar-refractivity contribution >= 4 is 50.1 Å². The van der Waals surface area contributed by atoms with E-state index in [1.54, 1.807) is 42.7 Å². The summed E-state index contributed by atoms with van der Waals surface area (Å²) in [6, 6.07) is 5.11. The van der Waals surface area contributed by atoms with Crippen LogP contribution in [0.5, 0.6) is 5.75 Å². The fourth-order valence-electron chi connectivity index (χ4n) is 5.76. The largest absolute Gasteiger partial charge is 0.481 e. The molecule has 5 N–H and O–H groups in total. The number of halogens is 1. The average molecular weight is 746 g/mol. The zero-order valence-corrected chi connectivity index (χ0v) is 30.3. The third-order valence-electron chi connectivity index (χ3n) is 8.27. The van der Waals surface area contributed by atoms with Crippen LogP contribution in [-0.2, 0) is 38.7 Å². The number of likely N-dealkylation sites (N-methyl/N-ethyl adjacent to an activating group) is 1. The summed E-state index contributed by atoms with van der Waals surface area (Å²) in [5.74, 6) is -0.979. The second-order valence-electron chi connectivity index (χ2n) is 12.1. The maximum absolute atomic E-state index is 14.1. The molecular formula is C29H42ClN7O10P2. The summed E-state index contributed by atoms with van der Waals surface area (Å²) in [6.07, 6.45) is -1.11. The SMILES string of the molecule is CCN(CC)CCc1ccccc1OP(=O)(N[C@@H](C)C(=O)OC(C)C)OP(=O)(O)OC[C@H]1OC2[C@@H]([C@H]1O)[C@@H]2n1cnc2c(N)nc(Cl)nc21. The zero-order chi connectivity index (χ0) is 35.7. The summed E-state index contributed by atoms with van der Waals surface area (Å²) < 4.78 is 56.3. The number of nitrogens with one attached hydrogen (secondary N) is 1. The Hall–Kier alpha value is -2.69. The minimum absolute atomic E-state index is 0.0610. The lowest BCUT2D eigenvalue weighted by molar-refractivity contribution is -0.149. The van der Waals surface area contributed by atoms with Gasteiger partial charge in [0, 0.05) is 12.5 Å². The van der Waals surface area contributed by atoms with Crippen LogP contribution in [0.4, 0.5) is 5.82 Å². The second kappa shape index (κ2) is 15.3. The Balaban J connectivity index is 1.27. The first-order valence-corrected chi connectivity index (χ1v) is 19.3. The van der Waals surface area contributed by atoms with Gasteiger partial charge < -0.3 is 39.2 Å². The van der Waals surface area contributed by atoms with E-state index in [4.69, 9.17) is 40.2 Å². The third kappa shape index (κ3) is 8.79. The standard InChI is InChI=1S/C29H42ClN7O10P2/c1-6-36(7-2)13-12-18-10-8-9-11-19(18)46-48(40,35-17(5)28(39)44-16(3)4)47-49(41,42)43-14-20-24(38)21-23(25(21)45-20)37-15-32-22-26(31)33-29(30)34-27(22)37/h8-11,15-17,20-21,23-25,38H,6-7,12-14H2,1-5H3,(H,35,40)(H,41,42)(H2,31,33,34)/t17-,20+,21+,23-,24-,25?,48?/m0/s1. The first-order chi connectivity index (χ1) is 23.1. The Morgan fingerprint density at radius 1 is 1.20 bits per heavy atom. The number of nitrogens with zero attached hydrogens (tertiary/aromatic N) is 5. The number of phosphoric ester groups is 1. The highest BCUT2D eigenvalue weighted by Crippen LogP contribution is 2.62. The number of fused-ring (bicyclic) bond motifs is 2. The van der Waals surface area contributed by atoms with Crippen molar-refractivity contribution in [2.24, 2.45) is 5.92 Å². The van der Waals surface area contributed by atoms with Gasteiger partial charge in [-0.05, 0) is 63.5 Å². The number of hydrogen-bond acceptors (Lipinski definition) is 14. The lowest BCUT2D eigenvalue weighted by Crippen LogP contribution is -2.36. The van der Waals surface area contributed by atoms with Gasteiger partial charge in [-0.3, -0.25) is 9.32 Å². The van der Waals surface area contributed by atoms with Gasteiger partial charge in [-0.15, -0.1) is 0 Å². The van der Waals surface area contributed by atoms with Gasteiger partial charge >= 0.3 is 21.5 Å². The number of nitrogen functional groups attached to an aromatic ring is 1. The molecule has 1 aromatic carbocycles. The van der Waals surface area contributed by atoms with Gasteiger partial charge in [0.05, 0.1) is 37.3 Å². The van der Waals surface area contributed by atoms with Crippen molar-refractivity contribution in [2.45, 2.75) is 77.5 Å². The van der Waals surface area contributed by atoms with Gasteiger partial charge in [0.15, 0.2) is 11.5 Å². The first kappa shape index (κ1) is 37.6. The van der Waals surface area contributed by atoms with Gasteiger partial charge in [-0.2, -0.15) is 19.4 Å². The van der Waals surface area contributed by atoms with Crippen molar-refractivity contribution in [3.8, 4) is 5.75 Å². The Kier molecular flexibility index (Phi) is 11.7. The Morgan fingerprint density at radius 3 is 2.57 bits per heavy atom. The van der Waals surface area contributed by atoms with Crippen molar-refractivity contribution in [3.63, 3.8) is 0 Å². The second-order valence-corrected chi connectivity index (χ2v) is 15.7. The average Bonchev–Trinajstić information content (AvgIpc) is 3.38. The molecule has 1 saturated carbocycles. The minimum Gasteiger partial charge on any atom is -0.462 e. The predicted octanol–water partition coefficient (Wildman–Crippen LogP) is 3.50. The smallest absolute Gasteiger partial charge is 0.462 e. The van der Waals surface area contributed by atoms with Crippen LogP contribution in [0, 0.1) is 5.92 Å². The fraction of sp³-hybridized carbons (Fsp3) is 0.586. The van der Waals surface area contributed by atoms with Crippen molar-refractivity contribution < 1.29 is 46.8 Å². The molecular weight excluding hydrogens is 704 g/mol. The molecule has 1 aliphatic heterocycles. The molecule has 0 radical (unpaired) electrons. The number of rotatable bonds is 17. The highest BCUT2D eigenvalue weighted by atomic mass is 35.5. The van der Waals surface area contributed by atoms with Crippen molar-refractivity contribution in [1.29, 1.82) is 0 Å². The number of anilines is 1. The molecule has 270 valence electrons. The number of aliphatic hydroxyl groups excluding tert-OH is 1. The first-order valence-electron chi connectivity index (χ1n) is 15.9. The number of nitrogens with two attached hydrogens (primary N) is 1. The number of aromatic nitrogens is 4. The molecule has 1 saturated heterocycles. The Bertz CT molecular complexity index is 1740. The van der Waals surface area contributed by atoms with E-state index in [-0.39, 0.29) is 22.9 Å². The van der Waals surface area contributed by atoms with Gasteiger partial charge in [-0.1, -0.05) is 32.0 Å². The lowest BCUT2D eigenvalue weighted by atomic mass is 10.1. The number of para-hydroxylation sites is 1. The van der Waals surface area contributed by atoms with Crippen LogP contribution in [0.15, 0.2) is 30.6 Å². The van der Waals surface area contributed by atoms with E-state index in [2.05, 4.69) is 24.9 Å². The maximum Gasteiger partial charge on any atom is 0.481 e. The van der Waals surface area contributed by atoms with Crippen LogP contribution in [0.25, 0.3) is 11.2 Å². The van der Waals surface area contributed by atoms with Crippen LogP contribution in [0.3, 0.4) is 0 Å². The monoisotopic (exact) mass is 745 g/mol. The summed E-state index contributed by atoms with van der Waals surface area (Å²) in [7, 11) is -9.98. The number of carbonyl (C=O) groups is 1. The van der Waals surface area contributed by atoms with Crippen LogP contribution in [-0.4, -0.2) is 97.1 Å². The van der Waals surface area contributed by atoms with E-state index in [1.807, 2.05) is 13.8 Å². The topological polar surface area (TPSA) is 223 Å². The Labute approximate surface area is 288 Å². The number of carbonyl (C=O) groups excluding carboxylic acids is 1. The van der Waals surface area contributed by atoms with Crippen molar-refractivity contribution in [3.05, 3.63) is 41.4 Å².